The zero-order valence-corrected chi connectivity index (χ0v) is 12.3. The summed E-state index contributed by atoms with van der Waals surface area (Å²) < 4.78 is 19.6. The largest absolute Gasteiger partial charge is 0.396 e. The van der Waals surface area contributed by atoms with Crippen molar-refractivity contribution in [3.05, 3.63) is 29.6 Å². The molecule has 4 nitrogen and oxygen atoms in total. The van der Waals surface area contributed by atoms with Crippen LogP contribution >= 0.6 is 0 Å². The Morgan fingerprint density at radius 3 is 2.71 bits per heavy atom. The molecule has 5 heteroatoms. The minimum absolute atomic E-state index is 0.146. The maximum atomic E-state index is 14.3. The average molecular weight is 294 g/mol. The van der Waals surface area contributed by atoms with Gasteiger partial charge in [-0.05, 0) is 36.6 Å². The summed E-state index contributed by atoms with van der Waals surface area (Å²) in [7, 11) is 0. The monoisotopic (exact) mass is 294 g/mol. The maximum Gasteiger partial charge on any atom is 0.146 e. The molecule has 0 amide bonds. The first kappa shape index (κ1) is 14.8. The average Bonchev–Trinajstić information content (AvgIpc) is 2.96. The number of rotatable bonds is 4. The first-order valence-electron chi connectivity index (χ1n) is 7.70. The summed E-state index contributed by atoms with van der Waals surface area (Å²) in [5, 5.41) is 9.17. The van der Waals surface area contributed by atoms with E-state index >= 15 is 0 Å². The molecule has 2 saturated heterocycles. The second-order valence-corrected chi connectivity index (χ2v) is 5.96. The standard InChI is InChI=1S/C16H23FN2O2/c17-15-9-13(10-18-4-3-14(11-18)12-20)1-2-16(15)19-5-7-21-8-6-19/h1-2,9,14,20H,3-8,10-12H2. The van der Waals surface area contributed by atoms with Gasteiger partial charge in [-0.3, -0.25) is 4.90 Å². The third kappa shape index (κ3) is 3.54. The lowest BCUT2D eigenvalue weighted by molar-refractivity contribution is 0.122. The second kappa shape index (κ2) is 6.73. The van der Waals surface area contributed by atoms with Gasteiger partial charge in [0.25, 0.3) is 0 Å². The molecule has 1 atom stereocenters. The van der Waals surface area contributed by atoms with Crippen molar-refractivity contribution in [2.75, 3.05) is 50.9 Å². The number of aliphatic hydroxyl groups is 1. The van der Waals surface area contributed by atoms with Crippen LogP contribution in [-0.2, 0) is 11.3 Å². The van der Waals surface area contributed by atoms with Gasteiger partial charge in [-0.1, -0.05) is 6.07 Å². The molecule has 2 aliphatic rings. The Morgan fingerprint density at radius 1 is 1.24 bits per heavy atom. The Bertz CT molecular complexity index is 477. The molecule has 0 spiro atoms. The molecule has 3 rings (SSSR count). The molecular formula is C16H23FN2O2. The van der Waals surface area contributed by atoms with Crippen molar-refractivity contribution in [3.63, 3.8) is 0 Å². The number of hydrogen-bond donors (Lipinski definition) is 1. The highest BCUT2D eigenvalue weighted by molar-refractivity contribution is 5.49. The van der Waals surface area contributed by atoms with Crippen LogP contribution in [0.15, 0.2) is 18.2 Å². The molecule has 0 aromatic heterocycles. The van der Waals surface area contributed by atoms with Gasteiger partial charge in [0.1, 0.15) is 5.82 Å². The van der Waals surface area contributed by atoms with Crippen LogP contribution in [0.5, 0.6) is 0 Å². The van der Waals surface area contributed by atoms with Crippen LogP contribution in [-0.4, -0.2) is 56.0 Å². The van der Waals surface area contributed by atoms with Gasteiger partial charge >= 0.3 is 0 Å². The van der Waals surface area contributed by atoms with E-state index in [1.165, 1.54) is 0 Å². The summed E-state index contributed by atoms with van der Waals surface area (Å²) >= 11 is 0. The van der Waals surface area contributed by atoms with Crippen molar-refractivity contribution in [2.45, 2.75) is 13.0 Å². The lowest BCUT2D eigenvalue weighted by Gasteiger charge is -2.29. The quantitative estimate of drug-likeness (QED) is 0.912. The van der Waals surface area contributed by atoms with Crippen molar-refractivity contribution >= 4 is 5.69 Å². The van der Waals surface area contributed by atoms with E-state index in [4.69, 9.17) is 4.74 Å². The summed E-state index contributed by atoms with van der Waals surface area (Å²) in [6, 6.07) is 5.55. The summed E-state index contributed by atoms with van der Waals surface area (Å²) in [4.78, 5) is 4.32. The Morgan fingerprint density at radius 2 is 2.05 bits per heavy atom. The van der Waals surface area contributed by atoms with Gasteiger partial charge in [0.05, 0.1) is 18.9 Å². The summed E-state index contributed by atoms with van der Waals surface area (Å²) in [6.07, 6.45) is 1.03. The minimum atomic E-state index is -0.146. The van der Waals surface area contributed by atoms with E-state index < -0.39 is 0 Å². The molecule has 0 bridgehead atoms. The number of hydrogen-bond acceptors (Lipinski definition) is 4. The highest BCUT2D eigenvalue weighted by atomic mass is 19.1. The van der Waals surface area contributed by atoms with Crippen LogP contribution < -0.4 is 4.90 Å². The predicted octanol–water partition coefficient (Wildman–Crippen LogP) is 1.48. The number of benzene rings is 1. The second-order valence-electron chi connectivity index (χ2n) is 5.96. The van der Waals surface area contributed by atoms with Crippen LogP contribution in [0, 0.1) is 11.7 Å². The van der Waals surface area contributed by atoms with Gasteiger partial charge in [0.15, 0.2) is 0 Å². The number of ether oxygens (including phenoxy) is 1. The van der Waals surface area contributed by atoms with E-state index in [1.54, 1.807) is 6.07 Å². The zero-order valence-electron chi connectivity index (χ0n) is 12.3. The Labute approximate surface area is 125 Å². The molecule has 116 valence electrons. The van der Waals surface area contributed by atoms with Crippen molar-refractivity contribution in [1.82, 2.24) is 4.90 Å². The molecule has 1 unspecified atom stereocenters. The molecule has 2 aliphatic heterocycles. The van der Waals surface area contributed by atoms with Gasteiger partial charge in [-0.15, -0.1) is 0 Å². The zero-order chi connectivity index (χ0) is 14.7. The normalized spacial score (nSPS) is 23.7. The van der Waals surface area contributed by atoms with Crippen LogP contribution in [0.2, 0.25) is 0 Å². The number of halogens is 1. The van der Waals surface area contributed by atoms with Crippen molar-refractivity contribution in [1.29, 1.82) is 0 Å². The topological polar surface area (TPSA) is 35.9 Å². The van der Waals surface area contributed by atoms with Gasteiger partial charge in [0.2, 0.25) is 0 Å². The Kier molecular flexibility index (Phi) is 4.73. The lowest BCUT2D eigenvalue weighted by Crippen LogP contribution is -2.36. The van der Waals surface area contributed by atoms with Gasteiger partial charge < -0.3 is 14.7 Å². The molecule has 0 saturated carbocycles. The first-order chi connectivity index (χ1) is 10.3. The number of morpholine rings is 1. The summed E-state index contributed by atoms with van der Waals surface area (Å²) in [5.41, 5.74) is 1.68. The molecule has 2 heterocycles. The Hall–Kier alpha value is -1.17. The van der Waals surface area contributed by atoms with Crippen LogP contribution in [0.1, 0.15) is 12.0 Å². The molecule has 2 fully saturated rings. The lowest BCUT2D eigenvalue weighted by atomic mass is 10.1. The van der Waals surface area contributed by atoms with E-state index in [9.17, 15) is 9.50 Å². The third-order valence-electron chi connectivity index (χ3n) is 4.40. The molecule has 1 aromatic carbocycles. The highest BCUT2D eigenvalue weighted by Gasteiger charge is 2.22. The first-order valence-corrected chi connectivity index (χ1v) is 7.70. The molecular weight excluding hydrogens is 271 g/mol. The molecule has 1 aromatic rings. The predicted molar refractivity (Wildman–Crippen MR) is 79.9 cm³/mol. The third-order valence-corrected chi connectivity index (χ3v) is 4.40. The maximum absolute atomic E-state index is 14.3. The fourth-order valence-electron chi connectivity index (χ4n) is 3.17. The smallest absolute Gasteiger partial charge is 0.146 e. The van der Waals surface area contributed by atoms with Gasteiger partial charge in [-0.25, -0.2) is 4.39 Å². The van der Waals surface area contributed by atoms with E-state index in [-0.39, 0.29) is 12.4 Å². The summed E-state index contributed by atoms with van der Waals surface area (Å²) in [5.74, 6) is 0.231. The molecule has 0 radical (unpaired) electrons. The van der Waals surface area contributed by atoms with Gasteiger partial charge in [0, 0.05) is 32.8 Å². The molecule has 1 N–H and O–H groups in total. The fourth-order valence-corrected chi connectivity index (χ4v) is 3.17. The number of nitrogens with zero attached hydrogens (tertiary/aromatic N) is 2. The van der Waals surface area contributed by atoms with Crippen LogP contribution in [0.4, 0.5) is 10.1 Å². The molecule has 21 heavy (non-hydrogen) atoms. The van der Waals surface area contributed by atoms with Crippen molar-refractivity contribution in [2.24, 2.45) is 5.92 Å². The number of anilines is 1. The highest BCUT2D eigenvalue weighted by Crippen LogP contribution is 2.24. The van der Waals surface area contributed by atoms with E-state index in [1.807, 2.05) is 17.0 Å². The van der Waals surface area contributed by atoms with Crippen molar-refractivity contribution in [3.8, 4) is 0 Å². The molecule has 0 aliphatic carbocycles. The van der Waals surface area contributed by atoms with Crippen LogP contribution in [0.3, 0.4) is 0 Å². The van der Waals surface area contributed by atoms with Crippen LogP contribution in [0.25, 0.3) is 0 Å². The fraction of sp³-hybridized carbons (Fsp3) is 0.625. The number of likely N-dealkylation sites (tertiary alicyclic amines) is 1. The Balaban J connectivity index is 1.64. The van der Waals surface area contributed by atoms with Crippen molar-refractivity contribution < 1.29 is 14.2 Å². The number of aliphatic hydroxyl groups excluding tert-OH is 1. The minimum Gasteiger partial charge on any atom is -0.396 e. The van der Waals surface area contributed by atoms with E-state index in [2.05, 4.69) is 4.90 Å². The van der Waals surface area contributed by atoms with E-state index in [0.717, 1.165) is 44.7 Å². The summed E-state index contributed by atoms with van der Waals surface area (Å²) in [6.45, 7) is 5.73. The SMILES string of the molecule is OCC1CCN(Cc2ccc(N3CCOCC3)c(F)c2)C1. The van der Waals surface area contributed by atoms with E-state index in [0.29, 0.717) is 24.8 Å². The van der Waals surface area contributed by atoms with Gasteiger partial charge in [-0.2, -0.15) is 0 Å².